The Morgan fingerprint density at radius 1 is 0.533 bits per heavy atom. The van der Waals surface area contributed by atoms with Crippen molar-refractivity contribution < 1.29 is 49.5 Å². The van der Waals surface area contributed by atoms with E-state index in [0.29, 0.717) is 0 Å². The first-order valence-electron chi connectivity index (χ1n) is 15.1. The summed E-state index contributed by atoms with van der Waals surface area (Å²) in [6.07, 6.45) is 5.60. The van der Waals surface area contributed by atoms with Gasteiger partial charge in [-0.2, -0.15) is 0 Å². The zero-order valence-corrected chi connectivity index (χ0v) is 29.5. The number of benzene rings is 6. The minimum absolute atomic E-state index is 0. The zero-order chi connectivity index (χ0) is 29.2. The first kappa shape index (κ1) is 31.5. The van der Waals surface area contributed by atoms with E-state index >= 15 is 0 Å². The molecule has 0 saturated carbocycles. The minimum atomic E-state index is 0. The summed E-state index contributed by atoms with van der Waals surface area (Å²) in [7, 11) is 0. The molecule has 0 aliphatic heterocycles. The van der Waals surface area contributed by atoms with Crippen molar-refractivity contribution in [1.29, 1.82) is 0 Å². The molecule has 0 atom stereocenters. The van der Waals surface area contributed by atoms with Gasteiger partial charge in [-0.15, -0.1) is 0 Å². The molecule has 0 amide bonds. The van der Waals surface area contributed by atoms with Gasteiger partial charge in [0.1, 0.15) is 0 Å². The van der Waals surface area contributed by atoms with E-state index in [0.717, 1.165) is 6.42 Å². The van der Waals surface area contributed by atoms with E-state index < -0.39 is 0 Å². The van der Waals surface area contributed by atoms with Crippen LogP contribution in [0.5, 0.6) is 0 Å². The maximum absolute atomic E-state index is 2.42. The SMILES string of the molecule is CC1=C(c2c3c(ccc2=C(c2ccc(C)cc2)c2ccc(C)cc2)=[C]([Zr+2])c2c-3c3ccccc3c3ccccc23)CC=C1.[Cl-].[Cl-]. The third-order valence-electron chi connectivity index (χ3n) is 9.33. The number of fused-ring (bicyclic) bond motifs is 8. The van der Waals surface area contributed by atoms with Gasteiger partial charge < -0.3 is 24.8 Å². The summed E-state index contributed by atoms with van der Waals surface area (Å²) < 4.78 is 1.46. The van der Waals surface area contributed by atoms with Crippen molar-refractivity contribution in [2.45, 2.75) is 27.2 Å². The van der Waals surface area contributed by atoms with Gasteiger partial charge in [0.05, 0.1) is 0 Å². The molecule has 0 saturated heterocycles. The van der Waals surface area contributed by atoms with Gasteiger partial charge in [-0.25, -0.2) is 0 Å². The largest absolute Gasteiger partial charge is 1.00 e. The molecular formula is C42H31Cl2Zr. The number of rotatable bonds is 3. The van der Waals surface area contributed by atoms with Crippen molar-refractivity contribution in [3.8, 4) is 11.1 Å². The van der Waals surface area contributed by atoms with Gasteiger partial charge in [0, 0.05) is 0 Å². The summed E-state index contributed by atoms with van der Waals surface area (Å²) in [6.45, 7) is 6.63. The quantitative estimate of drug-likeness (QED) is 0.250. The summed E-state index contributed by atoms with van der Waals surface area (Å²) in [5.41, 5.74) is 14.8. The number of hydrogen-bond donors (Lipinski definition) is 0. The Labute approximate surface area is 292 Å². The molecule has 0 heterocycles. The molecule has 2 aliphatic rings. The van der Waals surface area contributed by atoms with Crippen LogP contribution in [0.1, 0.15) is 46.7 Å². The molecule has 0 N–H and O–H groups in total. The summed E-state index contributed by atoms with van der Waals surface area (Å²) in [6, 6.07) is 41.1. The molecule has 45 heavy (non-hydrogen) atoms. The van der Waals surface area contributed by atoms with Gasteiger partial charge in [0.15, 0.2) is 0 Å². The van der Waals surface area contributed by atoms with Crippen molar-refractivity contribution >= 4 is 36.0 Å². The molecule has 217 valence electrons. The third kappa shape index (κ3) is 5.01. The van der Waals surface area contributed by atoms with Crippen LogP contribution in [0.3, 0.4) is 0 Å². The van der Waals surface area contributed by atoms with Crippen molar-refractivity contribution in [3.63, 3.8) is 0 Å². The summed E-state index contributed by atoms with van der Waals surface area (Å²) in [5, 5.41) is 8.11. The monoisotopic (exact) mass is 695 g/mol. The molecule has 0 nitrogen and oxygen atoms in total. The van der Waals surface area contributed by atoms with Gasteiger partial charge in [0.25, 0.3) is 0 Å². The summed E-state index contributed by atoms with van der Waals surface area (Å²) in [4.78, 5) is 0. The second-order valence-corrected chi connectivity index (χ2v) is 13.2. The second-order valence-electron chi connectivity index (χ2n) is 12.0. The number of aryl methyl sites for hydroxylation is 2. The van der Waals surface area contributed by atoms with Crippen LogP contribution < -0.4 is 35.3 Å². The van der Waals surface area contributed by atoms with Crippen molar-refractivity contribution in [1.82, 2.24) is 0 Å². The Kier molecular flexibility index (Phi) is 8.66. The predicted octanol–water partition coefficient (Wildman–Crippen LogP) is 3.28. The molecular weight excluding hydrogens is 667 g/mol. The Balaban J connectivity index is 0.00000179. The van der Waals surface area contributed by atoms with E-state index in [4.69, 9.17) is 0 Å². The fourth-order valence-corrected chi connectivity index (χ4v) is 8.37. The maximum Gasteiger partial charge on any atom is -1.00 e. The van der Waals surface area contributed by atoms with Crippen molar-refractivity contribution in [2.24, 2.45) is 0 Å². The molecule has 0 aromatic heterocycles. The average Bonchev–Trinajstić information content (AvgIpc) is 3.59. The Morgan fingerprint density at radius 2 is 1.04 bits per heavy atom. The maximum atomic E-state index is 2.42. The van der Waals surface area contributed by atoms with Gasteiger partial charge in [-0.3, -0.25) is 0 Å². The van der Waals surface area contributed by atoms with Crippen LogP contribution in [0.2, 0.25) is 0 Å². The number of hydrogen-bond acceptors (Lipinski definition) is 0. The number of allylic oxidation sites excluding steroid dienone is 4. The Morgan fingerprint density at radius 3 is 1.56 bits per heavy atom. The van der Waals surface area contributed by atoms with E-state index in [1.54, 1.807) is 0 Å². The summed E-state index contributed by atoms with van der Waals surface area (Å²) in [5.74, 6) is 0. The standard InChI is InChI=1S/C42H31.2ClH.Zr/c1-26-15-19-29(20-16-26)39(30-21-17-27(2)18-22-30)37-24-23-31-25-38-35-12-5-4-10-33(35)34-11-6-7-13-36(34)42(38)40(31)41(37)32-14-8-9-28(32)3;;;/h4-13,15-24H,14H2,1-3H3;2*1H;/q;;;+2/p-2. The van der Waals surface area contributed by atoms with Crippen LogP contribution in [0.4, 0.5) is 0 Å². The van der Waals surface area contributed by atoms with Crippen LogP contribution in [0.25, 0.3) is 47.1 Å². The van der Waals surface area contributed by atoms with E-state index in [-0.39, 0.29) is 24.8 Å². The molecule has 6 aromatic carbocycles. The average molecular weight is 698 g/mol. The first-order valence-corrected chi connectivity index (χ1v) is 16.3. The fourth-order valence-electron chi connectivity index (χ4n) is 7.22. The van der Waals surface area contributed by atoms with Gasteiger partial charge in [0.2, 0.25) is 0 Å². The topological polar surface area (TPSA) is 0 Å². The fraction of sp³-hybridized carbons (Fsp3) is 0.0952. The zero-order valence-electron chi connectivity index (χ0n) is 25.5. The molecule has 0 unspecified atom stereocenters. The van der Waals surface area contributed by atoms with Crippen LogP contribution in [-0.4, -0.2) is 0 Å². The van der Waals surface area contributed by atoms with Crippen molar-refractivity contribution in [2.75, 3.05) is 0 Å². The van der Waals surface area contributed by atoms with Gasteiger partial charge >= 0.3 is 270 Å². The minimum Gasteiger partial charge on any atom is -1.00 e. The Hall–Kier alpha value is -3.48. The number of halogens is 2. The smallest absolute Gasteiger partial charge is 1.00 e. The van der Waals surface area contributed by atoms with Gasteiger partial charge in [-0.1, -0.05) is 0 Å². The predicted molar refractivity (Wildman–Crippen MR) is 179 cm³/mol. The normalized spacial score (nSPS) is 13.1. The van der Waals surface area contributed by atoms with Crippen LogP contribution >= 0.6 is 0 Å². The molecule has 6 aromatic rings. The van der Waals surface area contributed by atoms with E-state index in [2.05, 4.69) is 142 Å². The van der Waals surface area contributed by atoms with E-state index in [1.807, 2.05) is 0 Å². The van der Waals surface area contributed by atoms with Crippen LogP contribution in [0, 0.1) is 13.8 Å². The van der Waals surface area contributed by atoms with E-state index in [1.165, 1.54) is 121 Å². The van der Waals surface area contributed by atoms with Crippen LogP contribution in [-0.2, 0) is 24.7 Å². The molecule has 8 rings (SSSR count). The van der Waals surface area contributed by atoms with E-state index in [9.17, 15) is 0 Å². The molecule has 3 heteroatoms. The van der Waals surface area contributed by atoms with Crippen LogP contribution in [0.15, 0.2) is 127 Å². The summed E-state index contributed by atoms with van der Waals surface area (Å²) >= 11 is 1.45. The first-order chi connectivity index (χ1) is 21.0. The molecule has 0 bridgehead atoms. The molecule has 0 spiro atoms. The van der Waals surface area contributed by atoms with Gasteiger partial charge in [-0.05, 0) is 0 Å². The second kappa shape index (κ2) is 12.4. The third-order valence-corrected chi connectivity index (χ3v) is 10.6. The molecule has 0 radical (unpaired) electrons. The molecule has 0 fully saturated rings. The Bertz CT molecular complexity index is 2280. The van der Waals surface area contributed by atoms with Crippen molar-refractivity contribution in [3.05, 3.63) is 171 Å². The molecule has 2 aliphatic carbocycles.